The van der Waals surface area contributed by atoms with Gasteiger partial charge < -0.3 is 11.1 Å². The van der Waals surface area contributed by atoms with Crippen LogP contribution in [-0.2, 0) is 4.79 Å². The number of nitrogen functional groups attached to an aromatic ring is 1. The van der Waals surface area contributed by atoms with Crippen molar-refractivity contribution in [1.82, 2.24) is 5.32 Å². The van der Waals surface area contributed by atoms with Crippen LogP contribution < -0.4 is 11.1 Å². The Morgan fingerprint density at radius 2 is 1.94 bits per heavy atom. The first-order chi connectivity index (χ1) is 8.74. The molecule has 1 aliphatic carbocycles. The van der Waals surface area contributed by atoms with Crippen molar-refractivity contribution in [2.75, 3.05) is 12.3 Å². The second-order valence-corrected chi connectivity index (χ2v) is 4.90. The number of nitrogens with one attached hydrogen (secondary N) is 1. The second-order valence-electron chi connectivity index (χ2n) is 4.90. The average Bonchev–Trinajstić information content (AvgIpc) is 2.89. The summed E-state index contributed by atoms with van der Waals surface area (Å²) in [6.45, 7) is 0.810. The number of anilines is 1. The Labute approximate surface area is 108 Å². The zero-order chi connectivity index (χ0) is 12.8. The van der Waals surface area contributed by atoms with Gasteiger partial charge in [-0.15, -0.1) is 0 Å². The molecular weight excluding hydrogens is 224 g/mol. The van der Waals surface area contributed by atoms with Crippen molar-refractivity contribution >= 4 is 17.7 Å². The van der Waals surface area contributed by atoms with E-state index in [0.717, 1.165) is 17.8 Å². The summed E-state index contributed by atoms with van der Waals surface area (Å²) < 4.78 is 0. The molecule has 1 aromatic carbocycles. The summed E-state index contributed by atoms with van der Waals surface area (Å²) in [5, 5.41) is 2.96. The molecule has 0 unspecified atom stereocenters. The van der Waals surface area contributed by atoms with Crippen LogP contribution in [-0.4, -0.2) is 12.5 Å². The molecule has 1 amide bonds. The molecule has 0 aliphatic heterocycles. The Morgan fingerprint density at radius 3 is 2.61 bits per heavy atom. The monoisotopic (exact) mass is 244 g/mol. The molecule has 1 saturated carbocycles. The molecule has 0 saturated heterocycles. The normalized spacial score (nSPS) is 16.2. The van der Waals surface area contributed by atoms with Gasteiger partial charge in [0.25, 0.3) is 0 Å². The molecule has 0 radical (unpaired) electrons. The van der Waals surface area contributed by atoms with E-state index < -0.39 is 0 Å². The number of nitrogens with two attached hydrogens (primary N) is 1. The third kappa shape index (κ3) is 3.91. The first kappa shape index (κ1) is 12.7. The zero-order valence-corrected chi connectivity index (χ0v) is 10.6. The lowest BCUT2D eigenvalue weighted by Gasteiger charge is -2.08. The molecule has 2 rings (SSSR count). The summed E-state index contributed by atoms with van der Waals surface area (Å²) in [7, 11) is 0. The molecule has 96 valence electrons. The van der Waals surface area contributed by atoms with Crippen LogP contribution in [0.15, 0.2) is 30.3 Å². The maximum atomic E-state index is 11.6. The van der Waals surface area contributed by atoms with E-state index in [-0.39, 0.29) is 5.91 Å². The van der Waals surface area contributed by atoms with Gasteiger partial charge in [-0.3, -0.25) is 4.79 Å². The molecule has 0 bridgehead atoms. The van der Waals surface area contributed by atoms with Crippen molar-refractivity contribution in [1.29, 1.82) is 0 Å². The Kier molecular flexibility index (Phi) is 4.40. The lowest BCUT2D eigenvalue weighted by Crippen LogP contribution is -2.26. The minimum Gasteiger partial charge on any atom is -0.399 e. The standard InChI is InChI=1S/C15H20N2O/c16-14-8-5-12(6-9-14)7-10-15(18)17-11-13-3-1-2-4-13/h5-10,13H,1-4,11,16H2,(H,17,18)/b10-7+. The van der Waals surface area contributed by atoms with E-state index in [9.17, 15) is 4.79 Å². The molecule has 1 fully saturated rings. The van der Waals surface area contributed by atoms with Gasteiger partial charge in [-0.05, 0) is 42.5 Å². The highest BCUT2D eigenvalue weighted by atomic mass is 16.1. The van der Waals surface area contributed by atoms with Crippen LogP contribution in [0.1, 0.15) is 31.2 Å². The Hall–Kier alpha value is -1.77. The van der Waals surface area contributed by atoms with E-state index in [1.165, 1.54) is 25.7 Å². The number of hydrogen-bond donors (Lipinski definition) is 2. The third-order valence-electron chi connectivity index (χ3n) is 3.40. The van der Waals surface area contributed by atoms with E-state index in [1.807, 2.05) is 30.3 Å². The maximum absolute atomic E-state index is 11.6. The van der Waals surface area contributed by atoms with Gasteiger partial charge in [-0.25, -0.2) is 0 Å². The molecule has 3 heteroatoms. The largest absolute Gasteiger partial charge is 0.399 e. The quantitative estimate of drug-likeness (QED) is 0.632. The van der Waals surface area contributed by atoms with Crippen molar-refractivity contribution in [3.05, 3.63) is 35.9 Å². The summed E-state index contributed by atoms with van der Waals surface area (Å²) in [5.41, 5.74) is 7.32. The summed E-state index contributed by atoms with van der Waals surface area (Å²) >= 11 is 0. The van der Waals surface area contributed by atoms with E-state index in [1.54, 1.807) is 6.08 Å². The number of carbonyl (C=O) groups excluding carboxylic acids is 1. The minimum atomic E-state index is -0.0151. The van der Waals surface area contributed by atoms with Crippen LogP contribution in [0.25, 0.3) is 6.08 Å². The van der Waals surface area contributed by atoms with Crippen LogP contribution in [0.2, 0.25) is 0 Å². The van der Waals surface area contributed by atoms with Crippen LogP contribution in [0.3, 0.4) is 0 Å². The Morgan fingerprint density at radius 1 is 1.28 bits per heavy atom. The van der Waals surface area contributed by atoms with Crippen LogP contribution in [0.5, 0.6) is 0 Å². The Bertz CT molecular complexity index is 417. The summed E-state index contributed by atoms with van der Waals surface area (Å²) in [4.78, 5) is 11.6. The minimum absolute atomic E-state index is 0.0151. The Balaban J connectivity index is 1.77. The average molecular weight is 244 g/mol. The van der Waals surface area contributed by atoms with Crippen molar-refractivity contribution in [3.63, 3.8) is 0 Å². The zero-order valence-electron chi connectivity index (χ0n) is 10.6. The first-order valence-electron chi connectivity index (χ1n) is 6.55. The van der Waals surface area contributed by atoms with E-state index in [2.05, 4.69) is 5.32 Å². The van der Waals surface area contributed by atoms with E-state index in [4.69, 9.17) is 5.73 Å². The number of amides is 1. The fraction of sp³-hybridized carbons (Fsp3) is 0.400. The lowest BCUT2D eigenvalue weighted by atomic mass is 10.1. The molecule has 0 atom stereocenters. The third-order valence-corrected chi connectivity index (χ3v) is 3.40. The van der Waals surface area contributed by atoms with Gasteiger partial charge in [0.15, 0.2) is 0 Å². The highest BCUT2D eigenvalue weighted by Crippen LogP contribution is 2.23. The molecule has 3 nitrogen and oxygen atoms in total. The lowest BCUT2D eigenvalue weighted by molar-refractivity contribution is -0.116. The first-order valence-corrected chi connectivity index (χ1v) is 6.55. The smallest absolute Gasteiger partial charge is 0.244 e. The van der Waals surface area contributed by atoms with Gasteiger partial charge >= 0.3 is 0 Å². The topological polar surface area (TPSA) is 55.1 Å². The molecule has 1 aromatic rings. The summed E-state index contributed by atoms with van der Waals surface area (Å²) in [6, 6.07) is 7.46. The van der Waals surface area contributed by atoms with Gasteiger partial charge in [0, 0.05) is 18.3 Å². The molecule has 1 aliphatic rings. The molecular formula is C15H20N2O. The molecule has 3 N–H and O–H groups in total. The van der Waals surface area contributed by atoms with Gasteiger partial charge in [0.1, 0.15) is 0 Å². The fourth-order valence-corrected chi connectivity index (χ4v) is 2.30. The molecule has 0 heterocycles. The molecule has 0 spiro atoms. The molecule has 0 aromatic heterocycles. The van der Waals surface area contributed by atoms with E-state index in [0.29, 0.717) is 5.92 Å². The van der Waals surface area contributed by atoms with Crippen LogP contribution in [0.4, 0.5) is 5.69 Å². The highest BCUT2D eigenvalue weighted by Gasteiger charge is 2.14. The van der Waals surface area contributed by atoms with Crippen molar-refractivity contribution in [2.45, 2.75) is 25.7 Å². The number of rotatable bonds is 4. The number of carbonyl (C=O) groups is 1. The van der Waals surface area contributed by atoms with Crippen LogP contribution >= 0.6 is 0 Å². The molecule has 18 heavy (non-hydrogen) atoms. The van der Waals surface area contributed by atoms with Crippen molar-refractivity contribution < 1.29 is 4.79 Å². The number of hydrogen-bond acceptors (Lipinski definition) is 2. The number of benzene rings is 1. The van der Waals surface area contributed by atoms with Gasteiger partial charge in [-0.2, -0.15) is 0 Å². The fourth-order valence-electron chi connectivity index (χ4n) is 2.30. The van der Waals surface area contributed by atoms with Gasteiger partial charge in [0.05, 0.1) is 0 Å². The highest BCUT2D eigenvalue weighted by molar-refractivity contribution is 5.91. The maximum Gasteiger partial charge on any atom is 0.244 e. The van der Waals surface area contributed by atoms with Crippen molar-refractivity contribution in [2.24, 2.45) is 5.92 Å². The van der Waals surface area contributed by atoms with Crippen LogP contribution in [0, 0.1) is 5.92 Å². The second kappa shape index (κ2) is 6.24. The van der Waals surface area contributed by atoms with E-state index >= 15 is 0 Å². The predicted molar refractivity (Wildman–Crippen MR) is 74.9 cm³/mol. The van der Waals surface area contributed by atoms with Crippen molar-refractivity contribution in [3.8, 4) is 0 Å². The van der Waals surface area contributed by atoms with Gasteiger partial charge in [-0.1, -0.05) is 25.0 Å². The SMILES string of the molecule is Nc1ccc(/C=C/C(=O)NCC2CCCC2)cc1. The summed E-state index contributed by atoms with van der Waals surface area (Å²) in [6.07, 6.45) is 8.51. The van der Waals surface area contributed by atoms with Gasteiger partial charge in [0.2, 0.25) is 5.91 Å². The summed E-state index contributed by atoms with van der Waals surface area (Å²) in [5.74, 6) is 0.664. The predicted octanol–water partition coefficient (Wildman–Crippen LogP) is 2.59.